The molecule has 0 aromatic heterocycles. The van der Waals surface area contributed by atoms with E-state index in [-0.39, 0.29) is 6.42 Å². The number of hydrogen-bond donors (Lipinski definition) is 1. The predicted octanol–water partition coefficient (Wildman–Crippen LogP) is 3.33. The van der Waals surface area contributed by atoms with E-state index >= 15 is 0 Å². The fourth-order valence-electron chi connectivity index (χ4n) is 2.22. The molecule has 0 amide bonds. The highest BCUT2D eigenvalue weighted by atomic mass is 16.5. The topological polar surface area (TPSA) is 55.8 Å². The smallest absolute Gasteiger partial charge is 0.307 e. The Morgan fingerprint density at radius 2 is 1.82 bits per heavy atom. The highest BCUT2D eigenvalue weighted by molar-refractivity contribution is 5.70. The van der Waals surface area contributed by atoms with E-state index in [1.165, 1.54) is 5.56 Å². The van der Waals surface area contributed by atoms with Crippen LogP contribution < -0.4 is 9.47 Å². The molecule has 0 fully saturated rings. The Labute approximate surface area is 130 Å². The Bertz CT molecular complexity index is 608. The predicted molar refractivity (Wildman–Crippen MR) is 84.6 cm³/mol. The summed E-state index contributed by atoms with van der Waals surface area (Å²) in [7, 11) is 1.55. The summed E-state index contributed by atoms with van der Waals surface area (Å²) in [5.41, 5.74) is 1.98. The first-order valence-electron chi connectivity index (χ1n) is 7.24. The van der Waals surface area contributed by atoms with Crippen LogP contribution in [0.15, 0.2) is 48.5 Å². The molecule has 2 aromatic carbocycles. The molecule has 116 valence electrons. The summed E-state index contributed by atoms with van der Waals surface area (Å²) >= 11 is 0. The van der Waals surface area contributed by atoms with Crippen molar-refractivity contribution in [2.75, 3.05) is 13.7 Å². The molecule has 0 saturated carbocycles. The van der Waals surface area contributed by atoms with Gasteiger partial charge in [0.15, 0.2) is 11.5 Å². The van der Waals surface area contributed by atoms with Crippen molar-refractivity contribution in [2.45, 2.75) is 19.3 Å². The van der Waals surface area contributed by atoms with Crippen molar-refractivity contribution in [1.82, 2.24) is 0 Å². The number of carboxylic acids is 1. The van der Waals surface area contributed by atoms with Crippen molar-refractivity contribution in [2.24, 2.45) is 0 Å². The van der Waals surface area contributed by atoms with Gasteiger partial charge in [0.25, 0.3) is 0 Å². The van der Waals surface area contributed by atoms with Gasteiger partial charge in [-0.25, -0.2) is 0 Å². The van der Waals surface area contributed by atoms with Gasteiger partial charge < -0.3 is 14.6 Å². The fraction of sp³-hybridized carbons (Fsp3) is 0.278. The van der Waals surface area contributed by atoms with E-state index in [1.54, 1.807) is 25.3 Å². The number of ether oxygens (including phenoxy) is 2. The summed E-state index contributed by atoms with van der Waals surface area (Å²) in [6.07, 6.45) is 1.84. The van der Waals surface area contributed by atoms with Crippen molar-refractivity contribution < 1.29 is 19.4 Å². The first-order chi connectivity index (χ1) is 10.7. The molecule has 0 spiro atoms. The Morgan fingerprint density at radius 3 is 2.50 bits per heavy atom. The Balaban J connectivity index is 1.88. The second-order valence-corrected chi connectivity index (χ2v) is 4.99. The number of hydrogen-bond acceptors (Lipinski definition) is 3. The third kappa shape index (κ3) is 4.81. The molecule has 22 heavy (non-hydrogen) atoms. The van der Waals surface area contributed by atoms with Crippen molar-refractivity contribution in [3.8, 4) is 11.5 Å². The highest BCUT2D eigenvalue weighted by Gasteiger charge is 2.08. The van der Waals surface area contributed by atoms with Crippen LogP contribution in [0.5, 0.6) is 11.5 Å². The summed E-state index contributed by atoms with van der Waals surface area (Å²) in [4.78, 5) is 10.7. The molecule has 0 bridgehead atoms. The highest BCUT2D eigenvalue weighted by Crippen LogP contribution is 2.28. The molecule has 2 aromatic rings. The fourth-order valence-corrected chi connectivity index (χ4v) is 2.22. The van der Waals surface area contributed by atoms with Crippen LogP contribution in [-0.2, 0) is 17.6 Å². The van der Waals surface area contributed by atoms with Crippen LogP contribution in [0, 0.1) is 0 Å². The molecule has 4 nitrogen and oxygen atoms in total. The van der Waals surface area contributed by atoms with Crippen LogP contribution in [-0.4, -0.2) is 24.8 Å². The summed E-state index contributed by atoms with van der Waals surface area (Å²) in [6, 6.07) is 15.5. The average molecular weight is 300 g/mol. The molecule has 0 unspecified atom stereocenters. The molecule has 0 aliphatic rings. The maximum atomic E-state index is 10.7. The van der Waals surface area contributed by atoms with Crippen molar-refractivity contribution >= 4 is 5.97 Å². The van der Waals surface area contributed by atoms with Gasteiger partial charge in [-0.2, -0.15) is 0 Å². The molecule has 0 radical (unpaired) electrons. The van der Waals surface area contributed by atoms with Gasteiger partial charge in [0, 0.05) is 0 Å². The van der Waals surface area contributed by atoms with Crippen LogP contribution in [0.1, 0.15) is 17.5 Å². The van der Waals surface area contributed by atoms with Gasteiger partial charge in [0.1, 0.15) is 0 Å². The lowest BCUT2D eigenvalue weighted by Crippen LogP contribution is -2.03. The Hall–Kier alpha value is -2.49. The zero-order valence-corrected chi connectivity index (χ0v) is 12.6. The number of carbonyl (C=O) groups is 1. The number of methoxy groups -OCH3 is 1. The van der Waals surface area contributed by atoms with Gasteiger partial charge in [0.05, 0.1) is 20.1 Å². The molecule has 0 saturated heterocycles. The van der Waals surface area contributed by atoms with Crippen LogP contribution in [0.25, 0.3) is 0 Å². The summed E-state index contributed by atoms with van der Waals surface area (Å²) in [5.74, 6) is 0.349. The molecule has 0 heterocycles. The zero-order chi connectivity index (χ0) is 15.8. The van der Waals surface area contributed by atoms with Gasteiger partial charge in [-0.1, -0.05) is 36.4 Å². The van der Waals surface area contributed by atoms with E-state index in [4.69, 9.17) is 14.6 Å². The van der Waals surface area contributed by atoms with E-state index in [1.807, 2.05) is 18.2 Å². The van der Waals surface area contributed by atoms with E-state index in [0.717, 1.165) is 12.8 Å². The molecule has 1 N–H and O–H groups in total. The first kappa shape index (κ1) is 15.9. The molecule has 2 rings (SSSR count). The molecule has 0 aliphatic heterocycles. The second kappa shape index (κ2) is 8.08. The maximum Gasteiger partial charge on any atom is 0.307 e. The number of aryl methyl sites for hydroxylation is 1. The second-order valence-electron chi connectivity index (χ2n) is 4.99. The molecular formula is C18H20O4. The van der Waals surface area contributed by atoms with E-state index < -0.39 is 5.97 Å². The largest absolute Gasteiger partial charge is 0.493 e. The van der Waals surface area contributed by atoms with Gasteiger partial charge in [-0.3, -0.25) is 4.79 Å². The average Bonchev–Trinajstić information content (AvgIpc) is 2.53. The van der Waals surface area contributed by atoms with Crippen molar-refractivity contribution in [1.29, 1.82) is 0 Å². The van der Waals surface area contributed by atoms with Crippen molar-refractivity contribution in [3.63, 3.8) is 0 Å². The Kier molecular flexibility index (Phi) is 5.83. The molecule has 0 aliphatic carbocycles. The van der Waals surface area contributed by atoms with E-state index in [2.05, 4.69) is 12.1 Å². The number of rotatable bonds is 8. The lowest BCUT2D eigenvalue weighted by molar-refractivity contribution is -0.136. The SMILES string of the molecule is COc1cc(CC(=O)O)ccc1OCCCc1ccccc1. The van der Waals surface area contributed by atoms with Gasteiger partial charge in [-0.05, 0) is 36.1 Å². The van der Waals surface area contributed by atoms with Gasteiger partial charge in [0.2, 0.25) is 0 Å². The van der Waals surface area contributed by atoms with Gasteiger partial charge in [-0.15, -0.1) is 0 Å². The minimum absolute atomic E-state index is 0.0232. The molecule has 4 heteroatoms. The summed E-state index contributed by atoms with van der Waals surface area (Å²) < 4.78 is 11.0. The quantitative estimate of drug-likeness (QED) is 0.760. The van der Waals surface area contributed by atoms with Crippen molar-refractivity contribution in [3.05, 3.63) is 59.7 Å². The summed E-state index contributed by atoms with van der Waals surface area (Å²) in [6.45, 7) is 0.587. The van der Waals surface area contributed by atoms with Crippen LogP contribution >= 0.6 is 0 Å². The maximum absolute atomic E-state index is 10.7. The first-order valence-corrected chi connectivity index (χ1v) is 7.24. The number of benzene rings is 2. The lowest BCUT2D eigenvalue weighted by atomic mass is 10.1. The number of carboxylic acid groups (broad SMARTS) is 1. The standard InChI is InChI=1S/C18H20O4/c1-21-17-12-15(13-18(19)20)9-10-16(17)22-11-5-8-14-6-3-2-4-7-14/h2-4,6-7,9-10,12H,5,8,11,13H2,1H3,(H,19,20). The minimum Gasteiger partial charge on any atom is -0.493 e. The normalized spacial score (nSPS) is 10.2. The van der Waals surface area contributed by atoms with Crippen LogP contribution in [0.4, 0.5) is 0 Å². The summed E-state index contributed by atoms with van der Waals surface area (Å²) in [5, 5.41) is 8.81. The monoisotopic (exact) mass is 300 g/mol. The molecule has 0 atom stereocenters. The lowest BCUT2D eigenvalue weighted by Gasteiger charge is -2.12. The van der Waals surface area contributed by atoms with Crippen LogP contribution in [0.2, 0.25) is 0 Å². The van der Waals surface area contributed by atoms with E-state index in [9.17, 15) is 4.79 Å². The number of aliphatic carboxylic acids is 1. The molecular weight excluding hydrogens is 280 g/mol. The Morgan fingerprint density at radius 1 is 1.05 bits per heavy atom. The van der Waals surface area contributed by atoms with Crippen LogP contribution in [0.3, 0.4) is 0 Å². The zero-order valence-electron chi connectivity index (χ0n) is 12.6. The van der Waals surface area contributed by atoms with E-state index in [0.29, 0.717) is 23.7 Å². The minimum atomic E-state index is -0.862. The van der Waals surface area contributed by atoms with Gasteiger partial charge >= 0.3 is 5.97 Å². The third-order valence-electron chi connectivity index (χ3n) is 3.29. The third-order valence-corrected chi connectivity index (χ3v) is 3.29.